The second kappa shape index (κ2) is 4.90. The van der Waals surface area contributed by atoms with Gasteiger partial charge < -0.3 is 10.3 Å². The van der Waals surface area contributed by atoms with Crippen LogP contribution in [0.25, 0.3) is 0 Å². The number of rotatable bonds is 4. The van der Waals surface area contributed by atoms with E-state index < -0.39 is 10.8 Å². The molecule has 0 bridgehead atoms. The van der Waals surface area contributed by atoms with Crippen LogP contribution in [-0.4, -0.2) is 32.2 Å². The Labute approximate surface area is 84.4 Å². The van der Waals surface area contributed by atoms with E-state index in [0.717, 1.165) is 0 Å². The molecule has 1 heterocycles. The Hall–Kier alpha value is -1.17. The predicted octanol–water partition coefficient (Wildman–Crippen LogP) is -0.0512. The summed E-state index contributed by atoms with van der Waals surface area (Å²) in [6, 6.07) is 1.41. The van der Waals surface area contributed by atoms with Crippen molar-refractivity contribution in [3.63, 3.8) is 0 Å². The summed E-state index contributed by atoms with van der Waals surface area (Å²) in [6.07, 6.45) is 2.98. The molecule has 0 aliphatic carbocycles. The lowest BCUT2D eigenvalue weighted by Crippen LogP contribution is -2.23. The summed E-state index contributed by atoms with van der Waals surface area (Å²) in [7, 11) is -0.851. The van der Waals surface area contributed by atoms with Crippen molar-refractivity contribution in [3.05, 3.63) is 22.7 Å². The van der Waals surface area contributed by atoms with Crippen LogP contribution in [-0.2, 0) is 10.8 Å². The minimum absolute atomic E-state index is 0.0372. The maximum absolute atomic E-state index is 10.9. The summed E-state index contributed by atoms with van der Waals surface area (Å²) < 4.78 is 10.9. The van der Waals surface area contributed by atoms with E-state index in [1.54, 1.807) is 6.26 Å². The first kappa shape index (κ1) is 10.9. The van der Waals surface area contributed by atoms with Gasteiger partial charge in [0.25, 0.3) is 5.56 Å². The first-order chi connectivity index (χ1) is 6.58. The Morgan fingerprint density at radius 2 is 2.43 bits per heavy atom. The minimum atomic E-state index is -0.851. The van der Waals surface area contributed by atoms with Gasteiger partial charge in [-0.25, -0.2) is 4.98 Å². The SMILES string of the molecule is CC(CS(C)=O)Nc1cc(=O)[nH]cn1. The topological polar surface area (TPSA) is 74.8 Å². The van der Waals surface area contributed by atoms with E-state index in [1.807, 2.05) is 6.92 Å². The van der Waals surface area contributed by atoms with Gasteiger partial charge in [-0.15, -0.1) is 0 Å². The highest BCUT2D eigenvalue weighted by molar-refractivity contribution is 7.84. The van der Waals surface area contributed by atoms with Crippen LogP contribution in [0.15, 0.2) is 17.2 Å². The van der Waals surface area contributed by atoms with Crippen molar-refractivity contribution in [1.82, 2.24) is 9.97 Å². The molecule has 78 valence electrons. The molecule has 0 spiro atoms. The van der Waals surface area contributed by atoms with Gasteiger partial charge in [-0.3, -0.25) is 9.00 Å². The predicted molar refractivity (Wildman–Crippen MR) is 56.9 cm³/mol. The zero-order valence-corrected chi connectivity index (χ0v) is 8.93. The van der Waals surface area contributed by atoms with E-state index in [4.69, 9.17) is 0 Å². The van der Waals surface area contributed by atoms with Crippen molar-refractivity contribution in [1.29, 1.82) is 0 Å². The van der Waals surface area contributed by atoms with Crippen LogP contribution in [0.2, 0.25) is 0 Å². The van der Waals surface area contributed by atoms with E-state index in [-0.39, 0.29) is 11.6 Å². The Balaban J connectivity index is 2.60. The lowest BCUT2D eigenvalue weighted by atomic mass is 10.4. The average Bonchev–Trinajstić information content (AvgIpc) is 2.01. The van der Waals surface area contributed by atoms with Crippen molar-refractivity contribution >= 4 is 16.6 Å². The third-order valence-corrected chi connectivity index (χ3v) is 2.53. The van der Waals surface area contributed by atoms with Crippen LogP contribution < -0.4 is 10.9 Å². The van der Waals surface area contributed by atoms with Crippen molar-refractivity contribution in [2.75, 3.05) is 17.3 Å². The van der Waals surface area contributed by atoms with Gasteiger partial charge in [0.05, 0.1) is 6.33 Å². The second-order valence-electron chi connectivity index (χ2n) is 3.08. The normalized spacial score (nSPS) is 14.7. The molecule has 0 saturated carbocycles. The molecule has 0 aromatic carbocycles. The Kier molecular flexibility index (Phi) is 3.82. The number of hydrogen-bond acceptors (Lipinski definition) is 4. The Morgan fingerprint density at radius 1 is 1.71 bits per heavy atom. The maximum Gasteiger partial charge on any atom is 0.252 e. The standard InChI is InChI=1S/C8H13N3O2S/c1-6(4-14(2)13)11-7-3-8(12)10-5-9-7/h3,5-6H,4H2,1-2H3,(H2,9,10,11,12). The monoisotopic (exact) mass is 215 g/mol. The molecule has 2 N–H and O–H groups in total. The highest BCUT2D eigenvalue weighted by Gasteiger charge is 2.04. The molecule has 5 nitrogen and oxygen atoms in total. The maximum atomic E-state index is 10.9. The van der Waals surface area contributed by atoms with Crippen molar-refractivity contribution < 1.29 is 4.21 Å². The van der Waals surface area contributed by atoms with E-state index >= 15 is 0 Å². The number of hydrogen-bond donors (Lipinski definition) is 2. The second-order valence-corrected chi connectivity index (χ2v) is 4.56. The minimum Gasteiger partial charge on any atom is -0.366 e. The van der Waals surface area contributed by atoms with Crippen molar-refractivity contribution in [2.45, 2.75) is 13.0 Å². The molecule has 1 aromatic heterocycles. The molecule has 2 unspecified atom stereocenters. The van der Waals surface area contributed by atoms with Crippen molar-refractivity contribution in [3.8, 4) is 0 Å². The number of nitrogens with zero attached hydrogens (tertiary/aromatic N) is 1. The quantitative estimate of drug-likeness (QED) is 0.738. The number of anilines is 1. The van der Waals surface area contributed by atoms with E-state index in [9.17, 15) is 9.00 Å². The smallest absolute Gasteiger partial charge is 0.252 e. The first-order valence-corrected chi connectivity index (χ1v) is 5.92. The van der Waals surface area contributed by atoms with Crippen LogP contribution in [0.3, 0.4) is 0 Å². The molecular weight excluding hydrogens is 202 g/mol. The highest BCUT2D eigenvalue weighted by Crippen LogP contribution is 1.99. The molecule has 0 fully saturated rings. The molecule has 0 amide bonds. The summed E-state index contributed by atoms with van der Waals surface area (Å²) in [5, 5.41) is 2.99. The summed E-state index contributed by atoms with van der Waals surface area (Å²) in [5.41, 5.74) is -0.202. The van der Waals surface area contributed by atoms with Gasteiger partial charge in [-0.1, -0.05) is 0 Å². The molecule has 0 aliphatic heterocycles. The van der Waals surface area contributed by atoms with Gasteiger partial charge in [0.1, 0.15) is 5.82 Å². The molecule has 0 saturated heterocycles. The number of H-pyrrole nitrogens is 1. The number of nitrogens with one attached hydrogen (secondary N) is 2. The van der Waals surface area contributed by atoms with Gasteiger partial charge in [-0.05, 0) is 6.92 Å². The molecule has 1 rings (SSSR count). The molecule has 0 aliphatic rings. The molecular formula is C8H13N3O2S. The van der Waals surface area contributed by atoms with Gasteiger partial charge in [0.2, 0.25) is 0 Å². The first-order valence-electron chi connectivity index (χ1n) is 4.19. The number of aromatic amines is 1. The molecule has 1 aromatic rings. The summed E-state index contributed by atoms with van der Waals surface area (Å²) in [4.78, 5) is 17.2. The molecule has 14 heavy (non-hydrogen) atoms. The van der Waals surface area contributed by atoms with Crippen LogP contribution in [0.4, 0.5) is 5.82 Å². The Morgan fingerprint density at radius 3 is 3.00 bits per heavy atom. The lowest BCUT2D eigenvalue weighted by Gasteiger charge is -2.11. The van der Waals surface area contributed by atoms with Gasteiger partial charge in [0.15, 0.2) is 0 Å². The zero-order chi connectivity index (χ0) is 10.6. The third-order valence-electron chi connectivity index (χ3n) is 1.56. The van der Waals surface area contributed by atoms with Crippen LogP contribution in [0.5, 0.6) is 0 Å². The van der Waals surface area contributed by atoms with Crippen LogP contribution in [0.1, 0.15) is 6.92 Å². The fraction of sp³-hybridized carbons (Fsp3) is 0.500. The van der Waals surface area contributed by atoms with E-state index in [2.05, 4.69) is 15.3 Å². The summed E-state index contributed by atoms with van der Waals surface area (Å²) in [5.74, 6) is 1.04. The summed E-state index contributed by atoms with van der Waals surface area (Å²) >= 11 is 0. The van der Waals surface area contributed by atoms with Crippen LogP contribution >= 0.6 is 0 Å². The highest BCUT2D eigenvalue weighted by atomic mass is 32.2. The molecule has 6 heteroatoms. The Bertz CT molecular complexity index is 377. The van der Waals surface area contributed by atoms with E-state index in [1.165, 1.54) is 12.4 Å². The van der Waals surface area contributed by atoms with Gasteiger partial charge in [0, 0.05) is 34.9 Å². The number of aromatic nitrogens is 2. The van der Waals surface area contributed by atoms with Crippen LogP contribution in [0, 0.1) is 0 Å². The summed E-state index contributed by atoms with van der Waals surface area (Å²) in [6.45, 7) is 1.89. The zero-order valence-electron chi connectivity index (χ0n) is 8.11. The third kappa shape index (κ3) is 3.69. The largest absolute Gasteiger partial charge is 0.366 e. The lowest BCUT2D eigenvalue weighted by molar-refractivity contribution is 0.683. The fourth-order valence-electron chi connectivity index (χ4n) is 1.09. The average molecular weight is 215 g/mol. The van der Waals surface area contributed by atoms with Gasteiger partial charge >= 0.3 is 0 Å². The molecule has 2 atom stereocenters. The van der Waals surface area contributed by atoms with Gasteiger partial charge in [-0.2, -0.15) is 0 Å². The fourth-order valence-corrected chi connectivity index (χ4v) is 1.88. The van der Waals surface area contributed by atoms with Crippen molar-refractivity contribution in [2.24, 2.45) is 0 Å². The molecule has 0 radical (unpaired) electrons. The van der Waals surface area contributed by atoms with E-state index in [0.29, 0.717) is 11.6 Å².